The van der Waals surface area contributed by atoms with Gasteiger partial charge in [0.15, 0.2) is 0 Å². The standard InChI is InChI=1S/C17H23N3O4/c1-3-8-18-16(21)13-6-9-19(10-7-13)17(22)14-4-5-15(20(23)24)12(2)11-14/h4-5,11,13H,3,6-10H2,1-2H3,(H,18,21). The number of hydrogen-bond acceptors (Lipinski definition) is 4. The normalized spacial score (nSPS) is 15.2. The molecule has 24 heavy (non-hydrogen) atoms. The van der Waals surface area contributed by atoms with Gasteiger partial charge in [0, 0.05) is 42.7 Å². The van der Waals surface area contributed by atoms with Crippen molar-refractivity contribution in [3.8, 4) is 0 Å². The van der Waals surface area contributed by atoms with Crippen LogP contribution >= 0.6 is 0 Å². The Bertz CT molecular complexity index is 637. The maximum absolute atomic E-state index is 12.5. The summed E-state index contributed by atoms with van der Waals surface area (Å²) in [5.74, 6) is -0.116. The van der Waals surface area contributed by atoms with Gasteiger partial charge in [-0.25, -0.2) is 0 Å². The van der Waals surface area contributed by atoms with Crippen molar-refractivity contribution in [3.63, 3.8) is 0 Å². The average Bonchev–Trinajstić information content (AvgIpc) is 2.58. The molecule has 1 aliphatic rings. The second-order valence-electron chi connectivity index (χ2n) is 6.12. The van der Waals surface area contributed by atoms with Gasteiger partial charge < -0.3 is 10.2 Å². The zero-order valence-electron chi connectivity index (χ0n) is 14.1. The van der Waals surface area contributed by atoms with Gasteiger partial charge in [0.05, 0.1) is 4.92 Å². The monoisotopic (exact) mass is 333 g/mol. The minimum absolute atomic E-state index is 0.0119. The fourth-order valence-corrected chi connectivity index (χ4v) is 2.91. The Morgan fingerprint density at radius 1 is 1.33 bits per heavy atom. The Labute approximate surface area is 141 Å². The van der Waals surface area contributed by atoms with Gasteiger partial charge in [0.1, 0.15) is 0 Å². The van der Waals surface area contributed by atoms with Crippen molar-refractivity contribution in [2.45, 2.75) is 33.1 Å². The molecule has 0 atom stereocenters. The molecule has 2 rings (SSSR count). The Hall–Kier alpha value is -2.44. The van der Waals surface area contributed by atoms with Gasteiger partial charge >= 0.3 is 0 Å². The van der Waals surface area contributed by atoms with E-state index >= 15 is 0 Å². The maximum Gasteiger partial charge on any atom is 0.272 e. The molecule has 0 spiro atoms. The number of hydrogen-bond donors (Lipinski definition) is 1. The smallest absolute Gasteiger partial charge is 0.272 e. The van der Waals surface area contributed by atoms with E-state index < -0.39 is 4.92 Å². The lowest BCUT2D eigenvalue weighted by Gasteiger charge is -2.31. The number of rotatable bonds is 5. The first-order chi connectivity index (χ1) is 11.4. The third-order valence-electron chi connectivity index (χ3n) is 4.34. The first kappa shape index (κ1) is 17.9. The molecule has 1 aromatic rings. The molecule has 1 aromatic carbocycles. The zero-order chi connectivity index (χ0) is 17.7. The van der Waals surface area contributed by atoms with Crippen LogP contribution in [0.2, 0.25) is 0 Å². The number of benzene rings is 1. The number of nitro groups is 1. The van der Waals surface area contributed by atoms with Crippen LogP contribution in [0.3, 0.4) is 0 Å². The van der Waals surface area contributed by atoms with E-state index in [0.717, 1.165) is 6.42 Å². The Morgan fingerprint density at radius 3 is 2.54 bits per heavy atom. The molecular weight excluding hydrogens is 310 g/mol. The van der Waals surface area contributed by atoms with Crippen molar-refractivity contribution in [1.29, 1.82) is 0 Å². The van der Waals surface area contributed by atoms with Crippen LogP contribution in [-0.4, -0.2) is 41.3 Å². The highest BCUT2D eigenvalue weighted by molar-refractivity contribution is 5.95. The first-order valence-corrected chi connectivity index (χ1v) is 8.26. The number of piperidine rings is 1. The van der Waals surface area contributed by atoms with E-state index in [1.165, 1.54) is 12.1 Å². The minimum Gasteiger partial charge on any atom is -0.356 e. The van der Waals surface area contributed by atoms with Crippen LogP contribution in [0.4, 0.5) is 5.69 Å². The number of nitro benzene ring substituents is 1. The zero-order valence-corrected chi connectivity index (χ0v) is 14.1. The van der Waals surface area contributed by atoms with Crippen LogP contribution in [0, 0.1) is 23.0 Å². The summed E-state index contributed by atoms with van der Waals surface area (Å²) in [5, 5.41) is 13.7. The molecule has 0 bridgehead atoms. The van der Waals surface area contributed by atoms with Crippen molar-refractivity contribution in [3.05, 3.63) is 39.4 Å². The Morgan fingerprint density at radius 2 is 2.00 bits per heavy atom. The lowest BCUT2D eigenvalue weighted by molar-refractivity contribution is -0.385. The summed E-state index contributed by atoms with van der Waals surface area (Å²) >= 11 is 0. The van der Waals surface area contributed by atoms with Crippen molar-refractivity contribution < 1.29 is 14.5 Å². The molecule has 0 saturated carbocycles. The molecule has 0 radical (unpaired) electrons. The quantitative estimate of drug-likeness (QED) is 0.661. The van der Waals surface area contributed by atoms with Crippen LogP contribution in [-0.2, 0) is 4.79 Å². The van der Waals surface area contributed by atoms with Gasteiger partial charge in [-0.15, -0.1) is 0 Å². The maximum atomic E-state index is 12.5. The highest BCUT2D eigenvalue weighted by Gasteiger charge is 2.28. The molecule has 1 aliphatic heterocycles. The Balaban J connectivity index is 1.97. The summed E-state index contributed by atoms with van der Waals surface area (Å²) in [5.41, 5.74) is 0.935. The van der Waals surface area contributed by atoms with Crippen LogP contribution in [0.1, 0.15) is 42.1 Å². The lowest BCUT2D eigenvalue weighted by atomic mass is 9.95. The number of nitrogens with zero attached hydrogens (tertiary/aromatic N) is 2. The second kappa shape index (κ2) is 7.90. The summed E-state index contributed by atoms with van der Waals surface area (Å²) in [4.78, 5) is 36.6. The van der Waals surface area contributed by atoms with Gasteiger partial charge in [0.2, 0.25) is 5.91 Å². The first-order valence-electron chi connectivity index (χ1n) is 8.26. The number of carbonyl (C=O) groups excluding carboxylic acids is 2. The number of carbonyl (C=O) groups is 2. The summed E-state index contributed by atoms with van der Waals surface area (Å²) in [6, 6.07) is 4.42. The number of amides is 2. The van der Waals surface area contributed by atoms with Crippen LogP contribution in [0.25, 0.3) is 0 Å². The van der Waals surface area contributed by atoms with E-state index in [-0.39, 0.29) is 23.4 Å². The van der Waals surface area contributed by atoms with Gasteiger partial charge in [-0.1, -0.05) is 6.92 Å². The van der Waals surface area contributed by atoms with Gasteiger partial charge in [-0.3, -0.25) is 19.7 Å². The molecule has 0 unspecified atom stereocenters. The van der Waals surface area contributed by atoms with E-state index in [0.29, 0.717) is 43.6 Å². The van der Waals surface area contributed by atoms with E-state index in [1.54, 1.807) is 17.9 Å². The van der Waals surface area contributed by atoms with Crippen molar-refractivity contribution >= 4 is 17.5 Å². The molecule has 7 heteroatoms. The molecule has 1 fully saturated rings. The SMILES string of the molecule is CCCNC(=O)C1CCN(C(=O)c2ccc([N+](=O)[O-])c(C)c2)CC1. The molecule has 0 aliphatic carbocycles. The van der Waals surface area contributed by atoms with E-state index in [9.17, 15) is 19.7 Å². The average molecular weight is 333 g/mol. The van der Waals surface area contributed by atoms with Crippen molar-refractivity contribution in [2.24, 2.45) is 5.92 Å². The third kappa shape index (κ3) is 4.10. The molecule has 1 heterocycles. The molecule has 2 amide bonds. The largest absolute Gasteiger partial charge is 0.356 e. The predicted octanol–water partition coefficient (Wildman–Crippen LogP) is 2.28. The third-order valence-corrected chi connectivity index (χ3v) is 4.34. The molecule has 7 nitrogen and oxygen atoms in total. The number of likely N-dealkylation sites (tertiary alicyclic amines) is 1. The van der Waals surface area contributed by atoms with Crippen LogP contribution in [0.5, 0.6) is 0 Å². The molecule has 130 valence electrons. The van der Waals surface area contributed by atoms with Crippen LogP contribution < -0.4 is 5.32 Å². The molecule has 0 aromatic heterocycles. The predicted molar refractivity (Wildman–Crippen MR) is 89.8 cm³/mol. The molecule has 1 saturated heterocycles. The second-order valence-corrected chi connectivity index (χ2v) is 6.12. The highest BCUT2D eigenvalue weighted by Crippen LogP contribution is 2.22. The fraction of sp³-hybridized carbons (Fsp3) is 0.529. The van der Waals surface area contributed by atoms with Crippen molar-refractivity contribution in [2.75, 3.05) is 19.6 Å². The van der Waals surface area contributed by atoms with E-state index in [4.69, 9.17) is 0 Å². The van der Waals surface area contributed by atoms with Gasteiger partial charge in [-0.2, -0.15) is 0 Å². The lowest BCUT2D eigenvalue weighted by Crippen LogP contribution is -2.43. The molecular formula is C17H23N3O4. The minimum atomic E-state index is -0.454. The van der Waals surface area contributed by atoms with Gasteiger partial charge in [-0.05, 0) is 38.3 Å². The summed E-state index contributed by atoms with van der Waals surface area (Å²) in [6.45, 7) is 5.37. The fourth-order valence-electron chi connectivity index (χ4n) is 2.91. The summed E-state index contributed by atoms with van der Waals surface area (Å²) < 4.78 is 0. The van der Waals surface area contributed by atoms with E-state index in [2.05, 4.69) is 5.32 Å². The molecule has 1 N–H and O–H groups in total. The van der Waals surface area contributed by atoms with E-state index in [1.807, 2.05) is 6.92 Å². The van der Waals surface area contributed by atoms with Gasteiger partial charge in [0.25, 0.3) is 11.6 Å². The number of nitrogens with one attached hydrogen (secondary N) is 1. The summed E-state index contributed by atoms with van der Waals surface area (Å²) in [6.07, 6.45) is 2.20. The highest BCUT2D eigenvalue weighted by atomic mass is 16.6. The summed E-state index contributed by atoms with van der Waals surface area (Å²) in [7, 11) is 0. The number of aryl methyl sites for hydroxylation is 1. The van der Waals surface area contributed by atoms with Crippen molar-refractivity contribution in [1.82, 2.24) is 10.2 Å². The van der Waals surface area contributed by atoms with Crippen LogP contribution in [0.15, 0.2) is 18.2 Å². The Kier molecular flexibility index (Phi) is 5.89. The topological polar surface area (TPSA) is 92.6 Å².